The number of allylic oxidation sites excluding steroid dienone is 1. The quantitative estimate of drug-likeness (QED) is 0.778. The molecule has 2 rings (SSSR count). The number of hydrogen-bond donors (Lipinski definition) is 0. The molecular weight excluding hydrogens is 210 g/mol. The number of hydrogen-bond acceptors (Lipinski definition) is 2. The highest BCUT2D eigenvalue weighted by Gasteiger charge is 2.03. The molecule has 0 aliphatic carbocycles. The molecule has 0 saturated heterocycles. The van der Waals surface area contributed by atoms with Crippen molar-refractivity contribution in [2.45, 2.75) is 6.92 Å². The highest BCUT2D eigenvalue weighted by Crippen LogP contribution is 2.20. The Balaban J connectivity index is 2.56. The molecule has 1 aromatic carbocycles. The smallest absolute Gasteiger partial charge is 0.138 e. The molecule has 2 aromatic rings. The molecule has 0 fully saturated rings. The Hall–Kier alpha value is -1.61. The van der Waals surface area contributed by atoms with Crippen molar-refractivity contribution in [2.75, 3.05) is 0 Å². The van der Waals surface area contributed by atoms with Crippen LogP contribution in [0.25, 0.3) is 11.8 Å². The molecule has 0 radical (unpaired) electrons. The van der Waals surface area contributed by atoms with Crippen LogP contribution in [-0.4, -0.2) is 14.8 Å². The third-order valence-electron chi connectivity index (χ3n) is 2.00. The molecule has 3 nitrogen and oxygen atoms in total. The maximum atomic E-state index is 5.93. The maximum Gasteiger partial charge on any atom is 0.138 e. The van der Waals surface area contributed by atoms with Gasteiger partial charge in [-0.2, -0.15) is 5.10 Å². The van der Waals surface area contributed by atoms with Gasteiger partial charge in [-0.05, 0) is 25.1 Å². The van der Waals surface area contributed by atoms with Crippen LogP contribution in [0.2, 0.25) is 5.02 Å². The lowest BCUT2D eigenvalue weighted by Crippen LogP contribution is -1.96. The molecule has 0 N–H and O–H groups in total. The maximum absolute atomic E-state index is 5.93. The fourth-order valence-electron chi connectivity index (χ4n) is 1.38. The SMILES string of the molecule is CC=Cc1cc(Cl)ccc1-n1cncn1. The molecule has 15 heavy (non-hydrogen) atoms. The van der Waals surface area contributed by atoms with Crippen LogP contribution in [0.3, 0.4) is 0 Å². The van der Waals surface area contributed by atoms with Crippen molar-refractivity contribution >= 4 is 17.7 Å². The first kappa shape index (κ1) is 9.93. The molecule has 0 amide bonds. The van der Waals surface area contributed by atoms with Gasteiger partial charge in [0.1, 0.15) is 12.7 Å². The fourth-order valence-corrected chi connectivity index (χ4v) is 1.56. The van der Waals surface area contributed by atoms with Gasteiger partial charge in [0.25, 0.3) is 0 Å². The van der Waals surface area contributed by atoms with Crippen LogP contribution in [0.15, 0.2) is 36.9 Å². The van der Waals surface area contributed by atoms with E-state index in [1.54, 1.807) is 11.0 Å². The molecule has 0 aliphatic heterocycles. The normalized spacial score (nSPS) is 11.1. The zero-order valence-electron chi connectivity index (χ0n) is 8.26. The molecule has 1 aromatic heterocycles. The Kier molecular flexibility index (Phi) is 2.83. The second-order valence-corrected chi connectivity index (χ2v) is 3.48. The van der Waals surface area contributed by atoms with Crippen LogP contribution >= 0.6 is 11.6 Å². The summed E-state index contributed by atoms with van der Waals surface area (Å²) in [7, 11) is 0. The topological polar surface area (TPSA) is 30.7 Å². The molecule has 0 unspecified atom stereocenters. The Morgan fingerprint density at radius 2 is 2.27 bits per heavy atom. The first-order valence-electron chi connectivity index (χ1n) is 4.58. The van der Waals surface area contributed by atoms with E-state index in [2.05, 4.69) is 10.1 Å². The van der Waals surface area contributed by atoms with Gasteiger partial charge in [0.15, 0.2) is 0 Å². The van der Waals surface area contributed by atoms with Crippen LogP contribution in [-0.2, 0) is 0 Å². The van der Waals surface area contributed by atoms with Crippen molar-refractivity contribution in [1.29, 1.82) is 0 Å². The van der Waals surface area contributed by atoms with Crippen molar-refractivity contribution in [3.05, 3.63) is 47.5 Å². The molecule has 76 valence electrons. The lowest BCUT2D eigenvalue weighted by Gasteiger charge is -2.05. The van der Waals surface area contributed by atoms with E-state index in [1.807, 2.05) is 37.3 Å². The third-order valence-corrected chi connectivity index (χ3v) is 2.24. The minimum atomic E-state index is 0.715. The van der Waals surface area contributed by atoms with Gasteiger partial charge in [-0.15, -0.1) is 0 Å². The van der Waals surface area contributed by atoms with Gasteiger partial charge in [-0.1, -0.05) is 23.8 Å². The van der Waals surface area contributed by atoms with Gasteiger partial charge in [0.05, 0.1) is 5.69 Å². The fraction of sp³-hybridized carbons (Fsp3) is 0.0909. The van der Waals surface area contributed by atoms with Crippen LogP contribution in [0.1, 0.15) is 12.5 Å². The molecule has 0 bridgehead atoms. The first-order valence-corrected chi connectivity index (χ1v) is 4.96. The summed E-state index contributed by atoms with van der Waals surface area (Å²) < 4.78 is 1.71. The summed E-state index contributed by atoms with van der Waals surface area (Å²) in [6, 6.07) is 5.66. The number of halogens is 1. The zero-order valence-corrected chi connectivity index (χ0v) is 9.02. The monoisotopic (exact) mass is 219 g/mol. The number of aromatic nitrogens is 3. The van der Waals surface area contributed by atoms with E-state index in [0.717, 1.165) is 11.3 Å². The summed E-state index contributed by atoms with van der Waals surface area (Å²) in [6.07, 6.45) is 7.12. The van der Waals surface area contributed by atoms with E-state index in [9.17, 15) is 0 Å². The summed E-state index contributed by atoms with van der Waals surface area (Å²) in [5.74, 6) is 0. The molecule has 0 spiro atoms. The molecule has 4 heteroatoms. The van der Waals surface area contributed by atoms with E-state index in [0.29, 0.717) is 5.02 Å². The van der Waals surface area contributed by atoms with Crippen LogP contribution < -0.4 is 0 Å². The summed E-state index contributed by atoms with van der Waals surface area (Å²) in [5.41, 5.74) is 1.99. The van der Waals surface area contributed by atoms with Crippen LogP contribution in [0, 0.1) is 0 Å². The summed E-state index contributed by atoms with van der Waals surface area (Å²) in [5, 5.41) is 4.80. The Morgan fingerprint density at radius 1 is 1.40 bits per heavy atom. The van der Waals surface area contributed by atoms with Gasteiger partial charge in [0, 0.05) is 10.6 Å². The second kappa shape index (κ2) is 4.28. The lowest BCUT2D eigenvalue weighted by molar-refractivity contribution is 0.877. The average Bonchev–Trinajstić information content (AvgIpc) is 2.71. The van der Waals surface area contributed by atoms with Crippen molar-refractivity contribution < 1.29 is 0 Å². The highest BCUT2D eigenvalue weighted by molar-refractivity contribution is 6.30. The molecule has 0 saturated carbocycles. The predicted molar refractivity (Wildman–Crippen MR) is 61.1 cm³/mol. The van der Waals surface area contributed by atoms with E-state index in [1.165, 1.54) is 6.33 Å². The summed E-state index contributed by atoms with van der Waals surface area (Å²) >= 11 is 5.93. The van der Waals surface area contributed by atoms with Crippen LogP contribution in [0.5, 0.6) is 0 Å². The number of benzene rings is 1. The number of nitrogens with zero attached hydrogens (tertiary/aromatic N) is 3. The molecule has 0 aliphatic rings. The van der Waals surface area contributed by atoms with Gasteiger partial charge < -0.3 is 0 Å². The molecule has 1 heterocycles. The van der Waals surface area contributed by atoms with Crippen molar-refractivity contribution in [3.63, 3.8) is 0 Å². The predicted octanol–water partition coefficient (Wildman–Crippen LogP) is 2.95. The third kappa shape index (κ3) is 2.07. The van der Waals surface area contributed by atoms with Gasteiger partial charge in [-0.25, -0.2) is 9.67 Å². The Bertz CT molecular complexity index is 475. The van der Waals surface area contributed by atoms with Crippen molar-refractivity contribution in [3.8, 4) is 5.69 Å². The van der Waals surface area contributed by atoms with E-state index >= 15 is 0 Å². The molecular formula is C11H10ClN3. The zero-order chi connectivity index (χ0) is 10.7. The van der Waals surface area contributed by atoms with Gasteiger partial charge in [0.2, 0.25) is 0 Å². The minimum Gasteiger partial charge on any atom is -0.223 e. The highest BCUT2D eigenvalue weighted by atomic mass is 35.5. The second-order valence-electron chi connectivity index (χ2n) is 3.04. The van der Waals surface area contributed by atoms with E-state index < -0.39 is 0 Å². The van der Waals surface area contributed by atoms with E-state index in [-0.39, 0.29) is 0 Å². The standard InChI is InChI=1S/C11H10ClN3/c1-2-3-9-6-10(12)4-5-11(9)15-8-13-7-14-15/h2-8H,1H3. The van der Waals surface area contributed by atoms with Gasteiger partial charge in [-0.3, -0.25) is 0 Å². The Labute approximate surface area is 93.0 Å². The Morgan fingerprint density at radius 3 is 2.93 bits per heavy atom. The van der Waals surface area contributed by atoms with Crippen LogP contribution in [0.4, 0.5) is 0 Å². The summed E-state index contributed by atoms with van der Waals surface area (Å²) in [6.45, 7) is 1.96. The van der Waals surface area contributed by atoms with Gasteiger partial charge >= 0.3 is 0 Å². The summed E-state index contributed by atoms with van der Waals surface area (Å²) in [4.78, 5) is 3.92. The minimum absolute atomic E-state index is 0.715. The van der Waals surface area contributed by atoms with E-state index in [4.69, 9.17) is 11.6 Å². The lowest BCUT2D eigenvalue weighted by atomic mass is 10.1. The van der Waals surface area contributed by atoms with Crippen molar-refractivity contribution in [2.24, 2.45) is 0 Å². The van der Waals surface area contributed by atoms with Crippen molar-refractivity contribution in [1.82, 2.24) is 14.8 Å². The first-order chi connectivity index (χ1) is 7.31. The average molecular weight is 220 g/mol. The largest absolute Gasteiger partial charge is 0.223 e. The molecule has 0 atom stereocenters. The number of rotatable bonds is 2.